The third-order valence-corrected chi connectivity index (χ3v) is 5.12. The van der Waals surface area contributed by atoms with Crippen molar-refractivity contribution in [2.75, 3.05) is 13.2 Å². The average molecular weight is 398 g/mol. The van der Waals surface area contributed by atoms with Gasteiger partial charge in [-0.2, -0.15) is 0 Å². The van der Waals surface area contributed by atoms with E-state index in [9.17, 15) is 4.79 Å². The highest BCUT2D eigenvalue weighted by molar-refractivity contribution is 7.09. The molecule has 0 radical (unpaired) electrons. The van der Waals surface area contributed by atoms with E-state index in [0.717, 1.165) is 23.5 Å². The van der Waals surface area contributed by atoms with Gasteiger partial charge in [-0.3, -0.25) is 4.79 Å². The van der Waals surface area contributed by atoms with E-state index in [0.29, 0.717) is 13.2 Å². The molecule has 1 aliphatic heterocycles. The minimum atomic E-state index is -0.464. The molecule has 1 saturated heterocycles. The van der Waals surface area contributed by atoms with Crippen LogP contribution < -0.4 is 11.1 Å². The molecule has 1 amide bonds. The molecular formula is C16H29Cl2N3O2S. The Morgan fingerprint density at radius 2 is 1.96 bits per heavy atom. The number of hydrogen-bond acceptors (Lipinski definition) is 5. The number of thiazole rings is 1. The first-order valence-corrected chi connectivity index (χ1v) is 8.76. The van der Waals surface area contributed by atoms with Gasteiger partial charge in [-0.15, -0.1) is 36.2 Å². The van der Waals surface area contributed by atoms with Crippen molar-refractivity contribution >= 4 is 42.1 Å². The maximum absolute atomic E-state index is 12.3. The number of rotatable bonds is 4. The smallest absolute Gasteiger partial charge is 0.237 e. The van der Waals surface area contributed by atoms with Crippen molar-refractivity contribution in [3.8, 4) is 0 Å². The van der Waals surface area contributed by atoms with E-state index in [1.807, 2.05) is 6.92 Å². The highest BCUT2D eigenvalue weighted by atomic mass is 35.5. The van der Waals surface area contributed by atoms with Gasteiger partial charge >= 0.3 is 0 Å². The molecule has 5 nitrogen and oxygen atoms in total. The number of halogens is 2. The zero-order valence-corrected chi connectivity index (χ0v) is 17.2. The van der Waals surface area contributed by atoms with Crippen LogP contribution in [0.1, 0.15) is 57.3 Å². The van der Waals surface area contributed by atoms with Crippen molar-refractivity contribution in [2.45, 2.75) is 58.0 Å². The molecule has 1 aromatic rings. The van der Waals surface area contributed by atoms with Crippen molar-refractivity contribution in [3.05, 3.63) is 16.1 Å². The van der Waals surface area contributed by atoms with Gasteiger partial charge in [-0.05, 0) is 25.7 Å². The maximum atomic E-state index is 12.3. The van der Waals surface area contributed by atoms with E-state index in [1.165, 1.54) is 0 Å². The Hall–Kier alpha value is -0.400. The molecule has 1 aliphatic rings. The normalized spacial score (nSPS) is 18.0. The fourth-order valence-electron chi connectivity index (χ4n) is 2.49. The van der Waals surface area contributed by atoms with Crippen LogP contribution in [0.3, 0.4) is 0 Å². The molecule has 0 aliphatic carbocycles. The number of carbonyl (C=O) groups excluding carboxylic acids is 1. The van der Waals surface area contributed by atoms with Crippen LogP contribution in [0.15, 0.2) is 5.38 Å². The number of hydrogen-bond donors (Lipinski definition) is 2. The quantitative estimate of drug-likeness (QED) is 0.817. The van der Waals surface area contributed by atoms with Crippen LogP contribution in [0.4, 0.5) is 0 Å². The number of amides is 1. The van der Waals surface area contributed by atoms with E-state index < -0.39 is 6.04 Å². The van der Waals surface area contributed by atoms with Crippen molar-refractivity contribution in [2.24, 2.45) is 11.7 Å². The first-order valence-electron chi connectivity index (χ1n) is 7.88. The first-order chi connectivity index (χ1) is 10.3. The lowest BCUT2D eigenvalue weighted by atomic mass is 9.91. The van der Waals surface area contributed by atoms with Crippen LogP contribution in [-0.2, 0) is 14.9 Å². The molecule has 0 aromatic carbocycles. The van der Waals surface area contributed by atoms with Crippen LogP contribution in [-0.4, -0.2) is 30.1 Å². The zero-order chi connectivity index (χ0) is 16.3. The average Bonchev–Trinajstić information content (AvgIpc) is 2.97. The Labute approximate surface area is 161 Å². The Kier molecular flexibility index (Phi) is 9.76. The largest absolute Gasteiger partial charge is 0.381 e. The Morgan fingerprint density at radius 3 is 2.46 bits per heavy atom. The molecule has 24 heavy (non-hydrogen) atoms. The lowest BCUT2D eigenvalue weighted by Gasteiger charge is -2.27. The predicted molar refractivity (Wildman–Crippen MR) is 103 cm³/mol. The van der Waals surface area contributed by atoms with Gasteiger partial charge in [0.25, 0.3) is 0 Å². The molecule has 1 fully saturated rings. The third kappa shape index (κ3) is 6.15. The summed E-state index contributed by atoms with van der Waals surface area (Å²) in [6.07, 6.45) is 1.71. The minimum Gasteiger partial charge on any atom is -0.381 e. The molecule has 2 unspecified atom stereocenters. The van der Waals surface area contributed by atoms with Crippen LogP contribution in [0.25, 0.3) is 0 Å². The first kappa shape index (κ1) is 23.6. The van der Waals surface area contributed by atoms with Crippen LogP contribution in [0.5, 0.6) is 0 Å². The van der Waals surface area contributed by atoms with Crippen LogP contribution in [0.2, 0.25) is 0 Å². The molecule has 2 atom stereocenters. The van der Waals surface area contributed by atoms with Gasteiger partial charge < -0.3 is 15.8 Å². The van der Waals surface area contributed by atoms with Gasteiger partial charge in [0.1, 0.15) is 5.01 Å². The topological polar surface area (TPSA) is 77.2 Å². The lowest BCUT2D eigenvalue weighted by molar-refractivity contribution is -0.125. The summed E-state index contributed by atoms with van der Waals surface area (Å²) >= 11 is 1.59. The van der Waals surface area contributed by atoms with Crippen molar-refractivity contribution in [3.63, 3.8) is 0 Å². The summed E-state index contributed by atoms with van der Waals surface area (Å²) in [6.45, 7) is 9.76. The molecule has 0 spiro atoms. The number of nitrogens with one attached hydrogen (secondary N) is 1. The van der Waals surface area contributed by atoms with Crippen LogP contribution in [0, 0.1) is 5.92 Å². The number of ether oxygens (including phenoxy) is 1. The second-order valence-electron chi connectivity index (χ2n) is 7.03. The lowest BCUT2D eigenvalue weighted by Crippen LogP contribution is -2.47. The van der Waals surface area contributed by atoms with E-state index in [2.05, 4.69) is 36.5 Å². The van der Waals surface area contributed by atoms with Crippen molar-refractivity contribution in [1.82, 2.24) is 10.3 Å². The second kappa shape index (κ2) is 9.92. The van der Waals surface area contributed by atoms with Gasteiger partial charge in [-0.1, -0.05) is 20.8 Å². The molecule has 8 heteroatoms. The summed E-state index contributed by atoms with van der Waals surface area (Å²) in [4.78, 5) is 17.0. The highest BCUT2D eigenvalue weighted by Crippen LogP contribution is 2.27. The summed E-state index contributed by atoms with van der Waals surface area (Å²) in [5.41, 5.74) is 7.19. The number of carbonyl (C=O) groups is 1. The third-order valence-electron chi connectivity index (χ3n) is 4.10. The fourth-order valence-corrected chi connectivity index (χ4v) is 3.54. The molecule has 140 valence electrons. The summed E-state index contributed by atoms with van der Waals surface area (Å²) in [7, 11) is 0. The summed E-state index contributed by atoms with van der Waals surface area (Å²) in [5.74, 6) is 0.120. The molecule has 2 heterocycles. The number of aromatic nitrogens is 1. The molecule has 2 rings (SSSR count). The Balaban J connectivity index is 0.00000264. The predicted octanol–water partition coefficient (Wildman–Crippen LogP) is 3.22. The van der Waals surface area contributed by atoms with Gasteiger partial charge in [0.15, 0.2) is 0 Å². The van der Waals surface area contributed by atoms with Gasteiger partial charge in [0.2, 0.25) is 5.91 Å². The zero-order valence-electron chi connectivity index (χ0n) is 14.7. The van der Waals surface area contributed by atoms with Crippen LogP contribution >= 0.6 is 36.2 Å². The molecule has 0 bridgehead atoms. The summed E-state index contributed by atoms with van der Waals surface area (Å²) in [5, 5.41) is 6.00. The summed E-state index contributed by atoms with van der Waals surface area (Å²) in [6, 6.07) is -0.576. The monoisotopic (exact) mass is 397 g/mol. The number of nitrogens with two attached hydrogens (primary N) is 1. The van der Waals surface area contributed by atoms with Gasteiger partial charge in [0, 0.05) is 24.0 Å². The fraction of sp³-hybridized carbons (Fsp3) is 0.750. The number of nitrogens with zero attached hydrogens (tertiary/aromatic N) is 1. The standard InChI is InChI=1S/C16H27N3O2S.2ClH/c1-10(15-19-12(9-22-15)16(2,3)4)18-14(20)13(17)11-5-7-21-8-6-11;;/h9-11,13H,5-8,17H2,1-4H3,(H,18,20);2*1H. The van der Waals surface area contributed by atoms with Crippen molar-refractivity contribution < 1.29 is 9.53 Å². The van der Waals surface area contributed by atoms with E-state index in [-0.39, 0.29) is 48.1 Å². The maximum Gasteiger partial charge on any atom is 0.237 e. The Bertz CT molecular complexity index is 514. The molecule has 3 N–H and O–H groups in total. The SMILES string of the molecule is CC(NC(=O)C(N)C1CCOCC1)c1nc(C(C)(C)C)cs1.Cl.Cl. The van der Waals surface area contributed by atoms with Gasteiger partial charge in [-0.25, -0.2) is 4.98 Å². The second-order valence-corrected chi connectivity index (χ2v) is 7.92. The highest BCUT2D eigenvalue weighted by Gasteiger charge is 2.28. The molecule has 1 aromatic heterocycles. The summed E-state index contributed by atoms with van der Waals surface area (Å²) < 4.78 is 5.32. The molecular weight excluding hydrogens is 369 g/mol. The van der Waals surface area contributed by atoms with Crippen molar-refractivity contribution in [1.29, 1.82) is 0 Å². The van der Waals surface area contributed by atoms with Gasteiger partial charge in [0.05, 0.1) is 17.8 Å². The molecule has 0 saturated carbocycles. The van der Waals surface area contributed by atoms with E-state index >= 15 is 0 Å². The van der Waals surface area contributed by atoms with E-state index in [4.69, 9.17) is 10.5 Å². The minimum absolute atomic E-state index is 0. The Morgan fingerprint density at radius 1 is 1.38 bits per heavy atom. The van der Waals surface area contributed by atoms with E-state index in [1.54, 1.807) is 11.3 Å².